The van der Waals surface area contributed by atoms with Gasteiger partial charge in [0, 0.05) is 0 Å². The van der Waals surface area contributed by atoms with E-state index in [4.69, 9.17) is 10.5 Å². The number of carbonyl (C=O) groups excluding carboxylic acids is 1. The van der Waals surface area contributed by atoms with Crippen molar-refractivity contribution in [2.24, 2.45) is 5.73 Å². The Morgan fingerprint density at radius 3 is 2.67 bits per heavy atom. The normalized spacial score (nSPS) is 12.3. The molecule has 0 aromatic heterocycles. The number of primary amides is 1. The predicted molar refractivity (Wildman–Crippen MR) is 58.1 cm³/mol. The maximum atomic E-state index is 10.9. The van der Waals surface area contributed by atoms with Gasteiger partial charge in [-0.2, -0.15) is 0 Å². The van der Waals surface area contributed by atoms with Crippen molar-refractivity contribution in [2.45, 2.75) is 12.6 Å². The molecule has 0 saturated carbocycles. The average molecular weight is 208 g/mol. The fourth-order valence-corrected chi connectivity index (χ4v) is 1.18. The summed E-state index contributed by atoms with van der Waals surface area (Å²) < 4.78 is 5.37. The zero-order chi connectivity index (χ0) is 11.1. The lowest BCUT2D eigenvalue weighted by molar-refractivity contribution is -0.121. The number of carbonyl (C=O) groups is 1. The maximum absolute atomic E-state index is 10.9. The molecule has 15 heavy (non-hydrogen) atoms. The Hall–Kier alpha value is -1.39. The molecular weight excluding hydrogens is 192 g/mol. The Morgan fingerprint density at radius 1 is 1.47 bits per heavy atom. The molecule has 0 aliphatic rings. The zero-order valence-corrected chi connectivity index (χ0v) is 8.77. The third-order valence-electron chi connectivity index (χ3n) is 2.09. The second-order valence-corrected chi connectivity index (χ2v) is 3.24. The van der Waals surface area contributed by atoms with Gasteiger partial charge in [0.2, 0.25) is 5.91 Å². The molecule has 1 amide bonds. The minimum absolute atomic E-state index is 0.292. The van der Waals surface area contributed by atoms with Crippen molar-refractivity contribution in [3.63, 3.8) is 0 Å². The standard InChI is InChI=1S/C11H16N2O2/c1-13-10(11(12)14)8-15-7-9-5-3-2-4-6-9/h2-6,10,13H,7-8H2,1H3,(H2,12,14)/t10-/m0/s1. The molecule has 3 N–H and O–H groups in total. The van der Waals surface area contributed by atoms with Crippen molar-refractivity contribution in [3.05, 3.63) is 35.9 Å². The highest BCUT2D eigenvalue weighted by atomic mass is 16.5. The van der Waals surface area contributed by atoms with Gasteiger partial charge in [-0.3, -0.25) is 4.79 Å². The van der Waals surface area contributed by atoms with Crippen LogP contribution >= 0.6 is 0 Å². The third-order valence-corrected chi connectivity index (χ3v) is 2.09. The van der Waals surface area contributed by atoms with Crippen molar-refractivity contribution in [1.29, 1.82) is 0 Å². The summed E-state index contributed by atoms with van der Waals surface area (Å²) in [6.07, 6.45) is 0. The predicted octanol–water partition coefficient (Wildman–Crippen LogP) is 0.276. The third kappa shape index (κ3) is 4.10. The Labute approximate surface area is 89.4 Å². The van der Waals surface area contributed by atoms with E-state index in [2.05, 4.69) is 5.32 Å². The number of hydrogen-bond acceptors (Lipinski definition) is 3. The molecule has 0 unspecified atom stereocenters. The summed E-state index contributed by atoms with van der Waals surface area (Å²) in [7, 11) is 1.68. The lowest BCUT2D eigenvalue weighted by atomic mass is 10.2. The van der Waals surface area contributed by atoms with Crippen LogP contribution in [0.4, 0.5) is 0 Å². The monoisotopic (exact) mass is 208 g/mol. The summed E-state index contributed by atoms with van der Waals surface area (Å²) in [6.45, 7) is 0.785. The molecule has 1 atom stereocenters. The molecule has 0 heterocycles. The molecule has 1 aromatic carbocycles. The largest absolute Gasteiger partial charge is 0.375 e. The number of ether oxygens (including phenoxy) is 1. The molecule has 0 aliphatic carbocycles. The SMILES string of the molecule is CN[C@@H](COCc1ccccc1)C(N)=O. The number of benzene rings is 1. The van der Waals surface area contributed by atoms with Gasteiger partial charge < -0.3 is 15.8 Å². The first-order valence-corrected chi connectivity index (χ1v) is 4.82. The van der Waals surface area contributed by atoms with Crippen molar-refractivity contribution in [3.8, 4) is 0 Å². The molecule has 1 rings (SSSR count). The Kier molecular flexibility index (Phi) is 4.80. The van der Waals surface area contributed by atoms with Crippen molar-refractivity contribution >= 4 is 5.91 Å². The first kappa shape index (κ1) is 11.7. The molecule has 0 fully saturated rings. The molecule has 4 heteroatoms. The van der Waals surface area contributed by atoms with E-state index in [1.54, 1.807) is 7.05 Å². The number of likely N-dealkylation sites (N-methyl/N-ethyl adjacent to an activating group) is 1. The number of hydrogen-bond donors (Lipinski definition) is 2. The van der Waals surface area contributed by atoms with E-state index in [0.717, 1.165) is 5.56 Å². The molecule has 0 saturated heterocycles. The van der Waals surface area contributed by atoms with Gasteiger partial charge in [-0.25, -0.2) is 0 Å². The van der Waals surface area contributed by atoms with Crippen LogP contribution in [0.3, 0.4) is 0 Å². The molecule has 1 aromatic rings. The minimum Gasteiger partial charge on any atom is -0.375 e. The van der Waals surface area contributed by atoms with E-state index >= 15 is 0 Å². The van der Waals surface area contributed by atoms with Gasteiger partial charge in [0.1, 0.15) is 6.04 Å². The first-order valence-electron chi connectivity index (χ1n) is 4.82. The quantitative estimate of drug-likeness (QED) is 0.705. The minimum atomic E-state index is -0.422. The van der Waals surface area contributed by atoms with Gasteiger partial charge in [-0.05, 0) is 12.6 Å². The van der Waals surface area contributed by atoms with Crippen LogP contribution in [0, 0.1) is 0 Å². The lowest BCUT2D eigenvalue weighted by Crippen LogP contribution is -2.42. The van der Waals surface area contributed by atoms with Crippen LogP contribution in [-0.2, 0) is 16.1 Å². The van der Waals surface area contributed by atoms with Crippen molar-refractivity contribution < 1.29 is 9.53 Å². The summed E-state index contributed by atoms with van der Waals surface area (Å²) in [5, 5.41) is 2.79. The van der Waals surface area contributed by atoms with E-state index in [1.165, 1.54) is 0 Å². The summed E-state index contributed by atoms with van der Waals surface area (Å²) in [4.78, 5) is 10.9. The Morgan fingerprint density at radius 2 is 2.13 bits per heavy atom. The van der Waals surface area contributed by atoms with Crippen LogP contribution < -0.4 is 11.1 Å². The average Bonchev–Trinajstić information content (AvgIpc) is 2.25. The number of nitrogens with two attached hydrogens (primary N) is 1. The smallest absolute Gasteiger partial charge is 0.236 e. The Balaban J connectivity index is 2.30. The molecule has 0 bridgehead atoms. The Bertz CT molecular complexity index is 301. The van der Waals surface area contributed by atoms with Gasteiger partial charge in [-0.15, -0.1) is 0 Å². The second-order valence-electron chi connectivity index (χ2n) is 3.24. The molecule has 82 valence electrons. The topological polar surface area (TPSA) is 64.3 Å². The summed E-state index contributed by atoms with van der Waals surface area (Å²) in [5.41, 5.74) is 6.23. The van der Waals surface area contributed by atoms with E-state index in [0.29, 0.717) is 13.2 Å². The van der Waals surface area contributed by atoms with Crippen LogP contribution in [0.2, 0.25) is 0 Å². The summed E-state index contributed by atoms with van der Waals surface area (Å²) >= 11 is 0. The summed E-state index contributed by atoms with van der Waals surface area (Å²) in [5.74, 6) is -0.398. The number of nitrogens with one attached hydrogen (secondary N) is 1. The molecule has 0 spiro atoms. The molecular formula is C11H16N2O2. The van der Waals surface area contributed by atoms with E-state index in [9.17, 15) is 4.79 Å². The van der Waals surface area contributed by atoms with Crippen LogP contribution in [0.15, 0.2) is 30.3 Å². The van der Waals surface area contributed by atoms with Gasteiger partial charge in [0.25, 0.3) is 0 Å². The van der Waals surface area contributed by atoms with Crippen LogP contribution in [0.5, 0.6) is 0 Å². The fourth-order valence-electron chi connectivity index (χ4n) is 1.18. The van der Waals surface area contributed by atoms with Gasteiger partial charge in [0.05, 0.1) is 13.2 Å². The first-order chi connectivity index (χ1) is 7.24. The van der Waals surface area contributed by atoms with Crippen LogP contribution in [-0.4, -0.2) is 25.6 Å². The fraction of sp³-hybridized carbons (Fsp3) is 0.364. The second kappa shape index (κ2) is 6.16. The summed E-state index contributed by atoms with van der Waals surface area (Å²) in [6, 6.07) is 9.36. The van der Waals surface area contributed by atoms with Crippen LogP contribution in [0.1, 0.15) is 5.56 Å². The zero-order valence-electron chi connectivity index (χ0n) is 8.77. The molecule has 0 radical (unpaired) electrons. The van der Waals surface area contributed by atoms with Gasteiger partial charge in [0.15, 0.2) is 0 Å². The highest BCUT2D eigenvalue weighted by molar-refractivity contribution is 5.79. The molecule has 0 aliphatic heterocycles. The van der Waals surface area contributed by atoms with Gasteiger partial charge >= 0.3 is 0 Å². The van der Waals surface area contributed by atoms with E-state index < -0.39 is 11.9 Å². The highest BCUT2D eigenvalue weighted by Gasteiger charge is 2.11. The number of rotatable bonds is 6. The van der Waals surface area contributed by atoms with E-state index in [-0.39, 0.29) is 0 Å². The van der Waals surface area contributed by atoms with E-state index in [1.807, 2.05) is 30.3 Å². The van der Waals surface area contributed by atoms with Crippen LogP contribution in [0.25, 0.3) is 0 Å². The molecule has 4 nitrogen and oxygen atoms in total. The van der Waals surface area contributed by atoms with Gasteiger partial charge in [-0.1, -0.05) is 30.3 Å². The maximum Gasteiger partial charge on any atom is 0.236 e. The lowest BCUT2D eigenvalue weighted by Gasteiger charge is -2.12. The van der Waals surface area contributed by atoms with Crippen molar-refractivity contribution in [1.82, 2.24) is 5.32 Å². The van der Waals surface area contributed by atoms with Crippen molar-refractivity contribution in [2.75, 3.05) is 13.7 Å². The number of amides is 1. The highest BCUT2D eigenvalue weighted by Crippen LogP contribution is 2.00.